The Labute approximate surface area is 79.7 Å². The SMILES string of the molecule is COCC1(O)CCN2CCCCC21. The smallest absolute Gasteiger partial charge is 0.105 e. The van der Waals surface area contributed by atoms with Gasteiger partial charge in [0.25, 0.3) is 0 Å². The summed E-state index contributed by atoms with van der Waals surface area (Å²) >= 11 is 0. The zero-order valence-corrected chi connectivity index (χ0v) is 8.33. The third-order valence-electron chi connectivity index (χ3n) is 3.46. The van der Waals surface area contributed by atoms with Gasteiger partial charge in [0.05, 0.1) is 6.61 Å². The van der Waals surface area contributed by atoms with Crippen LogP contribution in [0.1, 0.15) is 25.7 Å². The van der Waals surface area contributed by atoms with E-state index in [9.17, 15) is 5.11 Å². The lowest BCUT2D eigenvalue weighted by Gasteiger charge is -2.36. The Balaban J connectivity index is 2.05. The molecule has 2 aliphatic heterocycles. The van der Waals surface area contributed by atoms with Crippen LogP contribution in [0.3, 0.4) is 0 Å². The predicted octanol–water partition coefficient (Wildman–Crippen LogP) is 0.622. The van der Waals surface area contributed by atoms with E-state index in [0.717, 1.165) is 25.9 Å². The summed E-state index contributed by atoms with van der Waals surface area (Å²) in [7, 11) is 1.67. The van der Waals surface area contributed by atoms with E-state index in [-0.39, 0.29) is 0 Å². The molecule has 2 heterocycles. The number of hydrogen-bond acceptors (Lipinski definition) is 3. The Hall–Kier alpha value is -0.120. The minimum absolute atomic E-state index is 0.362. The van der Waals surface area contributed by atoms with Gasteiger partial charge in [-0.15, -0.1) is 0 Å². The van der Waals surface area contributed by atoms with Crippen molar-refractivity contribution in [3.63, 3.8) is 0 Å². The van der Waals surface area contributed by atoms with Crippen molar-refractivity contribution in [2.24, 2.45) is 0 Å². The molecule has 0 aliphatic carbocycles. The van der Waals surface area contributed by atoms with Crippen LogP contribution < -0.4 is 0 Å². The van der Waals surface area contributed by atoms with E-state index in [2.05, 4.69) is 4.90 Å². The molecule has 0 aromatic carbocycles. The standard InChI is InChI=1S/C10H19NO2/c1-13-8-10(12)5-7-11-6-3-2-4-9(10)11/h9,12H,2-8H2,1H3. The second-order valence-electron chi connectivity index (χ2n) is 4.33. The third-order valence-corrected chi connectivity index (χ3v) is 3.46. The second-order valence-corrected chi connectivity index (χ2v) is 4.33. The maximum atomic E-state index is 10.3. The maximum absolute atomic E-state index is 10.3. The van der Waals surface area contributed by atoms with Gasteiger partial charge in [-0.25, -0.2) is 0 Å². The molecule has 2 saturated heterocycles. The molecule has 0 aromatic heterocycles. The molecule has 3 heteroatoms. The minimum atomic E-state index is -0.560. The van der Waals surface area contributed by atoms with Crippen molar-refractivity contribution in [3.05, 3.63) is 0 Å². The van der Waals surface area contributed by atoms with Gasteiger partial charge >= 0.3 is 0 Å². The van der Waals surface area contributed by atoms with Crippen LogP contribution in [-0.4, -0.2) is 48.5 Å². The quantitative estimate of drug-likeness (QED) is 0.684. The fourth-order valence-corrected chi connectivity index (χ4v) is 2.79. The second kappa shape index (κ2) is 3.56. The number of ether oxygens (including phenoxy) is 1. The largest absolute Gasteiger partial charge is 0.386 e. The van der Waals surface area contributed by atoms with Crippen molar-refractivity contribution < 1.29 is 9.84 Å². The summed E-state index contributed by atoms with van der Waals surface area (Å²) in [6, 6.07) is 0.362. The summed E-state index contributed by atoms with van der Waals surface area (Å²) in [5, 5.41) is 10.3. The van der Waals surface area contributed by atoms with Crippen molar-refractivity contribution in [2.45, 2.75) is 37.3 Å². The molecule has 0 radical (unpaired) electrons. The highest BCUT2D eigenvalue weighted by molar-refractivity contribution is 5.01. The first-order valence-electron chi connectivity index (χ1n) is 5.22. The lowest BCUT2D eigenvalue weighted by Crippen LogP contribution is -2.49. The zero-order valence-electron chi connectivity index (χ0n) is 8.33. The molecule has 0 spiro atoms. The molecule has 13 heavy (non-hydrogen) atoms. The predicted molar refractivity (Wildman–Crippen MR) is 50.7 cm³/mol. The molecule has 2 atom stereocenters. The topological polar surface area (TPSA) is 32.7 Å². The first kappa shape index (κ1) is 9.44. The van der Waals surface area contributed by atoms with E-state index in [1.165, 1.54) is 12.8 Å². The lowest BCUT2D eigenvalue weighted by molar-refractivity contribution is -0.0615. The fourth-order valence-electron chi connectivity index (χ4n) is 2.79. The molecule has 1 N–H and O–H groups in total. The van der Waals surface area contributed by atoms with Crippen molar-refractivity contribution in [3.8, 4) is 0 Å². The number of methoxy groups -OCH3 is 1. The molecule has 2 aliphatic rings. The molecule has 0 aromatic rings. The van der Waals surface area contributed by atoms with Crippen LogP contribution >= 0.6 is 0 Å². The van der Waals surface area contributed by atoms with E-state index in [1.807, 2.05) is 0 Å². The van der Waals surface area contributed by atoms with Gasteiger partial charge in [0, 0.05) is 19.7 Å². The van der Waals surface area contributed by atoms with Gasteiger partial charge in [-0.3, -0.25) is 4.90 Å². The highest BCUT2D eigenvalue weighted by atomic mass is 16.5. The number of nitrogens with zero attached hydrogens (tertiary/aromatic N) is 1. The molecule has 2 unspecified atom stereocenters. The number of rotatable bonds is 2. The highest BCUT2D eigenvalue weighted by Gasteiger charge is 2.46. The van der Waals surface area contributed by atoms with Gasteiger partial charge in [-0.05, 0) is 25.8 Å². The van der Waals surface area contributed by atoms with Crippen LogP contribution in [0, 0.1) is 0 Å². The Bertz CT molecular complexity index is 186. The van der Waals surface area contributed by atoms with Gasteiger partial charge in [0.2, 0.25) is 0 Å². The Morgan fingerprint density at radius 1 is 1.46 bits per heavy atom. The van der Waals surface area contributed by atoms with E-state index >= 15 is 0 Å². The molecule has 2 rings (SSSR count). The van der Waals surface area contributed by atoms with Crippen LogP contribution in [0.4, 0.5) is 0 Å². The van der Waals surface area contributed by atoms with E-state index in [0.29, 0.717) is 12.6 Å². The highest BCUT2D eigenvalue weighted by Crippen LogP contribution is 2.34. The van der Waals surface area contributed by atoms with Crippen LogP contribution in [0.5, 0.6) is 0 Å². The molecule has 0 saturated carbocycles. The summed E-state index contributed by atoms with van der Waals surface area (Å²) in [5.41, 5.74) is -0.560. The van der Waals surface area contributed by atoms with Crippen LogP contribution in [0.15, 0.2) is 0 Å². The van der Waals surface area contributed by atoms with Crippen molar-refractivity contribution in [2.75, 3.05) is 26.8 Å². The van der Waals surface area contributed by atoms with Crippen molar-refractivity contribution >= 4 is 0 Å². The first-order chi connectivity index (χ1) is 6.26. The first-order valence-corrected chi connectivity index (χ1v) is 5.22. The van der Waals surface area contributed by atoms with Gasteiger partial charge in [0.1, 0.15) is 5.60 Å². The average Bonchev–Trinajstić information content (AvgIpc) is 2.46. The fraction of sp³-hybridized carbons (Fsp3) is 1.00. The van der Waals surface area contributed by atoms with Crippen LogP contribution in [-0.2, 0) is 4.74 Å². The van der Waals surface area contributed by atoms with Crippen LogP contribution in [0.25, 0.3) is 0 Å². The average molecular weight is 185 g/mol. The summed E-state index contributed by atoms with van der Waals surface area (Å²) in [6.45, 7) is 2.70. The molecule has 3 nitrogen and oxygen atoms in total. The number of piperidine rings is 1. The Morgan fingerprint density at radius 3 is 3.08 bits per heavy atom. The number of aliphatic hydroxyl groups is 1. The van der Waals surface area contributed by atoms with Crippen molar-refractivity contribution in [1.82, 2.24) is 4.90 Å². The molecular formula is C10H19NO2. The minimum Gasteiger partial charge on any atom is -0.386 e. The summed E-state index contributed by atoms with van der Waals surface area (Å²) in [4.78, 5) is 2.42. The summed E-state index contributed by atoms with van der Waals surface area (Å²) in [6.07, 6.45) is 4.57. The lowest BCUT2D eigenvalue weighted by atomic mass is 9.89. The zero-order chi connectivity index (χ0) is 9.31. The third kappa shape index (κ3) is 1.60. The van der Waals surface area contributed by atoms with Gasteiger partial charge in [-0.1, -0.05) is 6.42 Å². The van der Waals surface area contributed by atoms with Gasteiger partial charge < -0.3 is 9.84 Å². The Kier molecular flexibility index (Phi) is 2.58. The molecular weight excluding hydrogens is 166 g/mol. The molecule has 76 valence electrons. The van der Waals surface area contributed by atoms with Gasteiger partial charge in [0.15, 0.2) is 0 Å². The molecule has 0 amide bonds. The van der Waals surface area contributed by atoms with Gasteiger partial charge in [-0.2, -0.15) is 0 Å². The Morgan fingerprint density at radius 2 is 2.31 bits per heavy atom. The van der Waals surface area contributed by atoms with E-state index in [1.54, 1.807) is 7.11 Å². The number of hydrogen-bond donors (Lipinski definition) is 1. The summed E-state index contributed by atoms with van der Waals surface area (Å²) < 4.78 is 5.10. The molecule has 0 bridgehead atoms. The molecule has 2 fully saturated rings. The van der Waals surface area contributed by atoms with Crippen LogP contribution in [0.2, 0.25) is 0 Å². The monoisotopic (exact) mass is 185 g/mol. The number of fused-ring (bicyclic) bond motifs is 1. The summed E-state index contributed by atoms with van der Waals surface area (Å²) in [5.74, 6) is 0. The maximum Gasteiger partial charge on any atom is 0.105 e. The van der Waals surface area contributed by atoms with E-state index < -0.39 is 5.60 Å². The van der Waals surface area contributed by atoms with E-state index in [4.69, 9.17) is 4.74 Å². The van der Waals surface area contributed by atoms with Crippen molar-refractivity contribution in [1.29, 1.82) is 0 Å². The normalized spacial score (nSPS) is 40.6.